The smallest absolute Gasteiger partial charge is 0.228 e. The van der Waals surface area contributed by atoms with Crippen molar-refractivity contribution >= 4 is 22.7 Å². The van der Waals surface area contributed by atoms with Crippen LogP contribution in [0.2, 0.25) is 0 Å². The van der Waals surface area contributed by atoms with Gasteiger partial charge in [0.15, 0.2) is 0 Å². The minimum absolute atomic E-state index is 0.254. The Balaban J connectivity index is 1.44. The van der Waals surface area contributed by atoms with Crippen molar-refractivity contribution in [3.8, 4) is 0 Å². The molecule has 1 saturated carbocycles. The minimum Gasteiger partial charge on any atom is -0.376 e. The summed E-state index contributed by atoms with van der Waals surface area (Å²) in [5, 5.41) is 0.526. The zero-order chi connectivity index (χ0) is 20.0. The van der Waals surface area contributed by atoms with E-state index < -0.39 is 0 Å². The van der Waals surface area contributed by atoms with E-state index in [0.29, 0.717) is 29.4 Å². The molecular weight excluding hydrogens is 369 g/mol. The summed E-state index contributed by atoms with van der Waals surface area (Å²) in [4.78, 5) is 16.5. The molecule has 1 aliphatic carbocycles. The van der Waals surface area contributed by atoms with Gasteiger partial charge in [0.25, 0.3) is 0 Å². The van der Waals surface area contributed by atoms with Crippen molar-refractivity contribution in [1.82, 2.24) is 14.9 Å². The topological polar surface area (TPSA) is 44.7 Å². The number of rotatable bonds is 5. The molecule has 29 heavy (non-hydrogen) atoms. The number of nitrogens with zero attached hydrogens (tertiary/aromatic N) is 5. The zero-order valence-corrected chi connectivity index (χ0v) is 17.4. The lowest BCUT2D eigenvalue weighted by Gasteiger charge is -2.44. The summed E-state index contributed by atoms with van der Waals surface area (Å²) in [5.41, 5.74) is 0.682. The van der Waals surface area contributed by atoms with Gasteiger partial charge in [0.2, 0.25) is 5.95 Å². The van der Waals surface area contributed by atoms with Crippen LogP contribution in [0.4, 0.5) is 16.2 Å². The molecular formula is C22H30FN5O. The molecule has 156 valence electrons. The third kappa shape index (κ3) is 3.66. The standard InChI is InChI=1S/C22H30FN5O/c1-3-17-9-10-27(11-12-29-17)21-20-18(23)5-4-6-19(20)24-22(25-21)28-13-16(14-28)26(2)15-7-8-15/h4-6,15-17H,3,7-14H2,1-2H3. The first-order chi connectivity index (χ1) is 14.1. The Kier molecular flexibility index (Phi) is 5.04. The second kappa shape index (κ2) is 7.69. The van der Waals surface area contributed by atoms with E-state index in [1.54, 1.807) is 6.07 Å². The van der Waals surface area contributed by atoms with Crippen LogP contribution in [0.15, 0.2) is 18.2 Å². The lowest BCUT2D eigenvalue weighted by atomic mass is 10.1. The highest BCUT2D eigenvalue weighted by Crippen LogP contribution is 2.34. The van der Waals surface area contributed by atoms with Crippen LogP contribution < -0.4 is 9.80 Å². The molecule has 0 amide bonds. The number of hydrogen-bond acceptors (Lipinski definition) is 6. The van der Waals surface area contributed by atoms with Gasteiger partial charge in [0.05, 0.1) is 23.6 Å². The number of anilines is 2. The minimum atomic E-state index is -0.254. The lowest BCUT2D eigenvalue weighted by Crippen LogP contribution is -2.59. The first-order valence-corrected chi connectivity index (χ1v) is 10.9. The van der Waals surface area contributed by atoms with Crippen LogP contribution >= 0.6 is 0 Å². The maximum atomic E-state index is 14.8. The Morgan fingerprint density at radius 2 is 1.93 bits per heavy atom. The molecule has 0 N–H and O–H groups in total. The van der Waals surface area contributed by atoms with E-state index in [0.717, 1.165) is 51.0 Å². The van der Waals surface area contributed by atoms with Crippen molar-refractivity contribution in [3.05, 3.63) is 24.0 Å². The van der Waals surface area contributed by atoms with Crippen molar-refractivity contribution < 1.29 is 9.13 Å². The van der Waals surface area contributed by atoms with Crippen molar-refractivity contribution in [2.24, 2.45) is 0 Å². The first-order valence-electron chi connectivity index (χ1n) is 10.9. The Morgan fingerprint density at radius 1 is 1.10 bits per heavy atom. The molecule has 0 bridgehead atoms. The van der Waals surface area contributed by atoms with Gasteiger partial charge < -0.3 is 14.5 Å². The van der Waals surface area contributed by atoms with Crippen LogP contribution in [0.1, 0.15) is 32.6 Å². The molecule has 3 aliphatic rings. The number of benzene rings is 1. The van der Waals surface area contributed by atoms with Gasteiger partial charge in [-0.05, 0) is 44.9 Å². The Morgan fingerprint density at radius 3 is 2.69 bits per heavy atom. The fraction of sp³-hybridized carbons (Fsp3) is 0.636. The molecule has 1 unspecified atom stereocenters. The van der Waals surface area contributed by atoms with Gasteiger partial charge >= 0.3 is 0 Å². The van der Waals surface area contributed by atoms with Gasteiger partial charge in [-0.25, -0.2) is 9.37 Å². The summed E-state index contributed by atoms with van der Waals surface area (Å²) in [5.74, 6) is 1.18. The molecule has 3 heterocycles. The molecule has 2 aliphatic heterocycles. The van der Waals surface area contributed by atoms with Crippen molar-refractivity contribution in [2.45, 2.75) is 50.8 Å². The number of halogens is 1. The van der Waals surface area contributed by atoms with Gasteiger partial charge in [-0.3, -0.25) is 4.90 Å². The summed E-state index contributed by atoms with van der Waals surface area (Å²) < 4.78 is 20.7. The SMILES string of the molecule is CCC1CCN(c2nc(N3CC(N(C)C4CC4)C3)nc3cccc(F)c23)CCO1. The van der Waals surface area contributed by atoms with E-state index >= 15 is 0 Å². The highest BCUT2D eigenvalue weighted by molar-refractivity contribution is 5.91. The second-order valence-corrected chi connectivity index (χ2v) is 8.61. The molecule has 1 aromatic heterocycles. The van der Waals surface area contributed by atoms with Crippen LogP contribution in [0, 0.1) is 5.82 Å². The number of hydrogen-bond donors (Lipinski definition) is 0. The first kappa shape index (κ1) is 19.0. The van der Waals surface area contributed by atoms with E-state index in [1.165, 1.54) is 18.9 Å². The molecule has 0 spiro atoms. The highest BCUT2D eigenvalue weighted by atomic mass is 19.1. The van der Waals surface area contributed by atoms with Crippen molar-refractivity contribution in [1.29, 1.82) is 0 Å². The summed E-state index contributed by atoms with van der Waals surface area (Å²) in [6.45, 7) is 6.22. The van der Waals surface area contributed by atoms with E-state index in [4.69, 9.17) is 14.7 Å². The van der Waals surface area contributed by atoms with Crippen LogP contribution in [0.25, 0.3) is 10.9 Å². The van der Waals surface area contributed by atoms with Crippen LogP contribution in [0.5, 0.6) is 0 Å². The van der Waals surface area contributed by atoms with E-state index in [-0.39, 0.29) is 11.9 Å². The predicted octanol–water partition coefficient (Wildman–Crippen LogP) is 3.06. The maximum Gasteiger partial charge on any atom is 0.228 e. The quantitative estimate of drug-likeness (QED) is 0.770. The summed E-state index contributed by atoms with van der Waals surface area (Å²) in [6, 6.07) is 6.45. The average molecular weight is 400 g/mol. The summed E-state index contributed by atoms with van der Waals surface area (Å²) >= 11 is 0. The van der Waals surface area contributed by atoms with Gasteiger partial charge in [-0.15, -0.1) is 0 Å². The van der Waals surface area contributed by atoms with E-state index in [9.17, 15) is 4.39 Å². The van der Waals surface area contributed by atoms with E-state index in [1.807, 2.05) is 6.07 Å². The Hall–Kier alpha value is -1.99. The lowest BCUT2D eigenvalue weighted by molar-refractivity contribution is 0.0625. The summed E-state index contributed by atoms with van der Waals surface area (Å²) in [6.07, 6.45) is 4.84. The van der Waals surface area contributed by atoms with Crippen LogP contribution in [-0.2, 0) is 4.74 Å². The largest absolute Gasteiger partial charge is 0.376 e. The predicted molar refractivity (Wildman–Crippen MR) is 113 cm³/mol. The Bertz CT molecular complexity index is 883. The molecule has 7 heteroatoms. The van der Waals surface area contributed by atoms with Gasteiger partial charge in [-0.1, -0.05) is 13.0 Å². The number of fused-ring (bicyclic) bond motifs is 1. The van der Waals surface area contributed by atoms with E-state index in [2.05, 4.69) is 28.7 Å². The Labute approximate surface area is 171 Å². The normalized spacial score (nSPS) is 23.5. The van der Waals surface area contributed by atoms with Gasteiger partial charge in [0, 0.05) is 38.3 Å². The highest BCUT2D eigenvalue weighted by Gasteiger charge is 2.38. The molecule has 6 nitrogen and oxygen atoms in total. The number of likely N-dealkylation sites (N-methyl/N-ethyl adjacent to an activating group) is 1. The fourth-order valence-electron chi connectivity index (χ4n) is 4.50. The number of ether oxygens (including phenoxy) is 1. The average Bonchev–Trinajstić information content (AvgIpc) is 3.53. The monoisotopic (exact) mass is 399 g/mol. The zero-order valence-electron chi connectivity index (χ0n) is 17.4. The van der Waals surface area contributed by atoms with Gasteiger partial charge in [-0.2, -0.15) is 4.98 Å². The summed E-state index contributed by atoms with van der Waals surface area (Å²) in [7, 11) is 2.23. The second-order valence-electron chi connectivity index (χ2n) is 8.61. The molecule has 2 saturated heterocycles. The molecule has 5 rings (SSSR count). The number of aromatic nitrogens is 2. The molecule has 1 atom stereocenters. The van der Waals surface area contributed by atoms with Crippen LogP contribution in [-0.4, -0.2) is 72.9 Å². The van der Waals surface area contributed by atoms with Gasteiger partial charge in [0.1, 0.15) is 11.6 Å². The molecule has 0 radical (unpaired) electrons. The van der Waals surface area contributed by atoms with Crippen LogP contribution in [0.3, 0.4) is 0 Å². The third-order valence-electron chi connectivity index (χ3n) is 6.68. The molecule has 3 fully saturated rings. The molecule has 2 aromatic rings. The third-order valence-corrected chi connectivity index (χ3v) is 6.68. The fourth-order valence-corrected chi connectivity index (χ4v) is 4.50. The maximum absolute atomic E-state index is 14.8. The molecule has 1 aromatic carbocycles. The van der Waals surface area contributed by atoms with Crippen molar-refractivity contribution in [2.75, 3.05) is 49.6 Å². The van der Waals surface area contributed by atoms with Crippen molar-refractivity contribution in [3.63, 3.8) is 0 Å².